The number of aliphatic hydroxyl groups is 1. The number of halogens is 1. The van der Waals surface area contributed by atoms with Gasteiger partial charge >= 0.3 is 6.09 Å². The molecule has 1 N–H and O–H groups in total. The molecule has 3 saturated carbocycles. The van der Waals surface area contributed by atoms with Gasteiger partial charge in [-0.05, 0) is 55.4 Å². The van der Waals surface area contributed by atoms with Gasteiger partial charge in [-0.3, -0.25) is 9.69 Å². The van der Waals surface area contributed by atoms with Crippen molar-refractivity contribution in [3.05, 3.63) is 64.2 Å². The molecular formula is C26H26ClNO5. The van der Waals surface area contributed by atoms with Crippen molar-refractivity contribution in [1.29, 1.82) is 0 Å². The van der Waals surface area contributed by atoms with Crippen molar-refractivity contribution < 1.29 is 24.2 Å². The fourth-order valence-corrected chi connectivity index (χ4v) is 6.50. The Morgan fingerprint density at radius 1 is 1.15 bits per heavy atom. The minimum Gasteiger partial charge on any atom is -0.482 e. The summed E-state index contributed by atoms with van der Waals surface area (Å²) < 4.78 is 11.6. The number of ketones is 1. The van der Waals surface area contributed by atoms with Gasteiger partial charge in [0.05, 0.1) is 12.6 Å². The lowest BCUT2D eigenvalue weighted by Gasteiger charge is -2.73. The smallest absolute Gasteiger partial charge is 0.411 e. The van der Waals surface area contributed by atoms with Crippen molar-refractivity contribution in [3.63, 3.8) is 0 Å². The third-order valence-corrected chi connectivity index (χ3v) is 8.13. The highest BCUT2D eigenvalue weighted by atomic mass is 35.5. The molecule has 2 heterocycles. The van der Waals surface area contributed by atoms with E-state index >= 15 is 0 Å². The minimum atomic E-state index is -0.765. The number of rotatable bonds is 5. The van der Waals surface area contributed by atoms with Crippen LogP contribution in [0.15, 0.2) is 42.5 Å². The lowest BCUT2D eigenvalue weighted by atomic mass is 9.37. The van der Waals surface area contributed by atoms with Gasteiger partial charge in [0.15, 0.2) is 11.9 Å². The molecule has 2 bridgehead atoms. The predicted molar refractivity (Wildman–Crippen MR) is 121 cm³/mol. The molecule has 0 radical (unpaired) electrons. The number of hydrogen-bond donors (Lipinski definition) is 1. The molecule has 3 atom stereocenters. The molecule has 33 heavy (non-hydrogen) atoms. The van der Waals surface area contributed by atoms with Crippen molar-refractivity contribution in [1.82, 2.24) is 4.90 Å². The third-order valence-electron chi connectivity index (χ3n) is 7.89. The number of nitrogens with zero attached hydrogens (tertiary/aromatic N) is 1. The fourth-order valence-electron chi connectivity index (χ4n) is 6.32. The zero-order valence-electron chi connectivity index (χ0n) is 18.4. The van der Waals surface area contributed by atoms with E-state index in [0.29, 0.717) is 29.3 Å². The summed E-state index contributed by atoms with van der Waals surface area (Å²) in [7, 11) is 0. The summed E-state index contributed by atoms with van der Waals surface area (Å²) in [5.41, 5.74) is 2.59. The molecule has 4 fully saturated rings. The lowest BCUT2D eigenvalue weighted by Crippen LogP contribution is -2.75. The Bertz CT molecular complexity index is 1130. The van der Waals surface area contributed by atoms with Crippen molar-refractivity contribution in [3.8, 4) is 5.75 Å². The van der Waals surface area contributed by atoms with Gasteiger partial charge in [-0.15, -0.1) is 0 Å². The molecule has 2 aromatic carbocycles. The van der Waals surface area contributed by atoms with E-state index in [4.69, 9.17) is 21.1 Å². The van der Waals surface area contributed by atoms with Crippen LogP contribution < -0.4 is 4.74 Å². The Labute approximate surface area is 197 Å². The van der Waals surface area contributed by atoms with Crippen LogP contribution in [0.2, 0.25) is 5.02 Å². The first-order valence-electron chi connectivity index (χ1n) is 11.5. The molecule has 5 aliphatic rings. The normalized spacial score (nSPS) is 34.0. The summed E-state index contributed by atoms with van der Waals surface area (Å²) in [5, 5.41) is 11.0. The van der Waals surface area contributed by atoms with Gasteiger partial charge in [0, 0.05) is 29.0 Å². The van der Waals surface area contributed by atoms with Gasteiger partial charge in [-0.25, -0.2) is 4.79 Å². The maximum atomic E-state index is 13.0. The Morgan fingerprint density at radius 2 is 1.88 bits per heavy atom. The topological polar surface area (TPSA) is 76.1 Å². The predicted octanol–water partition coefficient (Wildman–Crippen LogP) is 4.91. The van der Waals surface area contributed by atoms with Crippen LogP contribution in [0.5, 0.6) is 5.75 Å². The van der Waals surface area contributed by atoms with E-state index < -0.39 is 12.2 Å². The fraction of sp³-hybridized carbons (Fsp3) is 0.462. The van der Waals surface area contributed by atoms with Crippen LogP contribution in [-0.4, -0.2) is 40.1 Å². The van der Waals surface area contributed by atoms with Gasteiger partial charge in [-0.2, -0.15) is 0 Å². The highest BCUT2D eigenvalue weighted by Gasteiger charge is 2.72. The summed E-state index contributed by atoms with van der Waals surface area (Å²) in [6.07, 6.45) is 1.21. The zero-order valence-corrected chi connectivity index (χ0v) is 19.2. The molecule has 7 rings (SSSR count). The number of hydrogen-bond acceptors (Lipinski definition) is 5. The molecule has 1 amide bonds. The molecule has 0 spiro atoms. The van der Waals surface area contributed by atoms with Gasteiger partial charge < -0.3 is 14.6 Å². The Hall–Kier alpha value is -2.57. The number of carbonyl (C=O) groups is 2. The molecule has 0 aromatic heterocycles. The number of carbonyl (C=O) groups excluding carboxylic acids is 2. The first-order chi connectivity index (χ1) is 15.8. The molecule has 1 unspecified atom stereocenters. The summed E-state index contributed by atoms with van der Waals surface area (Å²) >= 11 is 6.02. The number of benzene rings is 2. The van der Waals surface area contributed by atoms with Crippen LogP contribution in [0.4, 0.5) is 4.79 Å². The van der Waals surface area contributed by atoms with Crippen LogP contribution in [0.3, 0.4) is 0 Å². The second kappa shape index (κ2) is 7.21. The number of ether oxygens (including phenoxy) is 2. The Balaban J connectivity index is 1.08. The molecule has 3 aliphatic carbocycles. The van der Waals surface area contributed by atoms with E-state index in [1.54, 1.807) is 18.2 Å². The molecule has 6 nitrogen and oxygen atoms in total. The van der Waals surface area contributed by atoms with Crippen molar-refractivity contribution in [2.24, 2.45) is 5.41 Å². The average Bonchev–Trinajstić information content (AvgIpc) is 3.11. The van der Waals surface area contributed by atoms with Crippen LogP contribution in [0.25, 0.3) is 0 Å². The molecule has 2 aromatic rings. The zero-order chi connectivity index (χ0) is 23.0. The Kier molecular flexibility index (Phi) is 4.59. The monoisotopic (exact) mass is 467 g/mol. The number of cyclic esters (lactones) is 1. The molecule has 7 heteroatoms. The number of aliphatic hydroxyl groups excluding tert-OH is 1. The standard InChI is InChI=1S/C26H26ClNO5/c1-15-2-4-16(5-3-15)23-11-28(24(31)33-23)26-12-25(13-26,14-26)10-20(30)22-9-19(29)18-8-17(27)6-7-21(18)32-22/h2-8,19,22-23,29H,9-14H2,1H3/t19-,22+,23?,25?,26?/m1/s1. The van der Waals surface area contributed by atoms with Crippen molar-refractivity contribution in [2.45, 2.75) is 62.9 Å². The summed E-state index contributed by atoms with van der Waals surface area (Å²) in [4.78, 5) is 27.5. The molecular weight excluding hydrogens is 442 g/mol. The van der Waals surface area contributed by atoms with E-state index in [9.17, 15) is 14.7 Å². The van der Waals surface area contributed by atoms with Gasteiger partial charge in [0.1, 0.15) is 11.9 Å². The van der Waals surface area contributed by atoms with Crippen LogP contribution in [-0.2, 0) is 9.53 Å². The number of Topliss-reactive ketones (excluding diaryl/α,β-unsaturated/α-hetero) is 1. The quantitative estimate of drug-likeness (QED) is 0.676. The number of fused-ring (bicyclic) bond motifs is 1. The molecule has 172 valence electrons. The van der Waals surface area contributed by atoms with E-state index in [0.717, 1.165) is 24.8 Å². The molecule has 1 saturated heterocycles. The second-order valence-corrected chi connectivity index (χ2v) is 10.8. The summed E-state index contributed by atoms with van der Waals surface area (Å²) in [5.74, 6) is 0.539. The molecule has 2 aliphatic heterocycles. The Morgan fingerprint density at radius 3 is 2.61 bits per heavy atom. The maximum Gasteiger partial charge on any atom is 0.411 e. The van der Waals surface area contributed by atoms with Gasteiger partial charge in [0.25, 0.3) is 0 Å². The number of amides is 1. The van der Waals surface area contributed by atoms with Crippen molar-refractivity contribution in [2.75, 3.05) is 6.54 Å². The van der Waals surface area contributed by atoms with E-state index in [1.807, 2.05) is 36.1 Å². The van der Waals surface area contributed by atoms with Gasteiger partial charge in [0.2, 0.25) is 0 Å². The summed E-state index contributed by atoms with van der Waals surface area (Å²) in [6.45, 7) is 2.59. The number of aryl methyl sites for hydroxylation is 1. The SMILES string of the molecule is Cc1ccc(C2CN(C34CC(CC(=O)[C@@H]5C[C@@H](O)c6cc(Cl)ccc6O5)(C3)C4)C(=O)O2)cc1. The van der Waals surface area contributed by atoms with Crippen LogP contribution >= 0.6 is 11.6 Å². The average molecular weight is 468 g/mol. The summed E-state index contributed by atoms with van der Waals surface area (Å²) in [6, 6.07) is 13.2. The lowest BCUT2D eigenvalue weighted by molar-refractivity contribution is -0.205. The maximum absolute atomic E-state index is 13.0. The highest BCUT2D eigenvalue weighted by molar-refractivity contribution is 6.30. The van der Waals surface area contributed by atoms with Crippen LogP contribution in [0, 0.1) is 12.3 Å². The highest BCUT2D eigenvalue weighted by Crippen LogP contribution is 2.72. The van der Waals surface area contributed by atoms with E-state index in [-0.39, 0.29) is 35.4 Å². The third kappa shape index (κ3) is 3.34. The first-order valence-corrected chi connectivity index (χ1v) is 11.9. The van der Waals surface area contributed by atoms with E-state index in [1.165, 1.54) is 5.56 Å². The second-order valence-electron chi connectivity index (χ2n) is 10.3. The minimum absolute atomic E-state index is 0.0180. The van der Waals surface area contributed by atoms with Gasteiger partial charge in [-0.1, -0.05) is 41.4 Å². The van der Waals surface area contributed by atoms with E-state index in [2.05, 4.69) is 0 Å². The van der Waals surface area contributed by atoms with Crippen molar-refractivity contribution >= 4 is 23.5 Å². The first kappa shape index (κ1) is 21.0. The largest absolute Gasteiger partial charge is 0.482 e. The van der Waals surface area contributed by atoms with Crippen LogP contribution in [0.1, 0.15) is 61.0 Å².